The number of unbranched alkanes of at least 4 members (excludes halogenated alkanes) is 2. The molecule has 2 heteroatoms. The number of aryl methyl sites for hydroxylation is 1. The zero-order valence-electron chi connectivity index (χ0n) is 13.2. The Kier molecular flexibility index (Phi) is 5.66. The Morgan fingerprint density at radius 2 is 2.05 bits per heavy atom. The molecule has 1 aromatic heterocycles. The van der Waals surface area contributed by atoms with Gasteiger partial charge in [-0.05, 0) is 43.4 Å². The minimum Gasteiger partial charge on any atom is -0.346 e. The summed E-state index contributed by atoms with van der Waals surface area (Å²) in [4.78, 5) is 0. The lowest BCUT2D eigenvalue weighted by molar-refractivity contribution is 0.473. The van der Waals surface area contributed by atoms with E-state index in [-0.39, 0.29) is 0 Å². The van der Waals surface area contributed by atoms with E-state index in [4.69, 9.17) is 0 Å². The van der Waals surface area contributed by atoms with Crippen molar-refractivity contribution in [3.63, 3.8) is 0 Å². The summed E-state index contributed by atoms with van der Waals surface area (Å²) in [6.45, 7) is 8.81. The summed E-state index contributed by atoms with van der Waals surface area (Å²) in [6, 6.07) is 9.51. The van der Waals surface area contributed by atoms with E-state index in [1.807, 2.05) is 0 Å². The van der Waals surface area contributed by atoms with Gasteiger partial charge in [0.2, 0.25) is 0 Å². The van der Waals surface area contributed by atoms with Crippen LogP contribution in [0, 0.1) is 6.92 Å². The van der Waals surface area contributed by atoms with Crippen LogP contribution >= 0.6 is 0 Å². The number of rotatable bonds is 8. The first-order valence-corrected chi connectivity index (χ1v) is 7.99. The highest BCUT2D eigenvalue weighted by atomic mass is 15.0. The standard InChI is InChI=1S/C18H28N2/c1-4-5-6-7-16(3)19-11-13-20-12-10-17-9-8-15(2)14-18(17)20/h8-10,12,14,16,19H,4-7,11,13H2,1-3H3. The monoisotopic (exact) mass is 272 g/mol. The minimum atomic E-state index is 0.630. The zero-order chi connectivity index (χ0) is 14.4. The lowest BCUT2D eigenvalue weighted by Crippen LogP contribution is -2.29. The smallest absolute Gasteiger partial charge is 0.0483 e. The maximum atomic E-state index is 3.64. The van der Waals surface area contributed by atoms with Gasteiger partial charge in [0.15, 0.2) is 0 Å². The molecule has 1 N–H and O–H groups in total. The Bertz CT molecular complexity index is 527. The summed E-state index contributed by atoms with van der Waals surface area (Å²) in [6.07, 6.45) is 7.50. The second kappa shape index (κ2) is 7.49. The Balaban J connectivity index is 1.82. The van der Waals surface area contributed by atoms with E-state index in [1.165, 1.54) is 42.1 Å². The van der Waals surface area contributed by atoms with Gasteiger partial charge in [-0.1, -0.05) is 38.3 Å². The van der Waals surface area contributed by atoms with Crippen molar-refractivity contribution in [1.82, 2.24) is 9.88 Å². The Labute approximate surface area is 123 Å². The lowest BCUT2D eigenvalue weighted by Gasteiger charge is -2.14. The quantitative estimate of drug-likeness (QED) is 0.700. The van der Waals surface area contributed by atoms with Crippen molar-refractivity contribution in [1.29, 1.82) is 0 Å². The Hall–Kier alpha value is -1.28. The molecule has 0 amide bonds. The van der Waals surface area contributed by atoms with Crippen LogP contribution in [0.4, 0.5) is 0 Å². The largest absolute Gasteiger partial charge is 0.346 e. The summed E-state index contributed by atoms with van der Waals surface area (Å²) >= 11 is 0. The average molecular weight is 272 g/mol. The summed E-state index contributed by atoms with van der Waals surface area (Å²) in [5, 5.41) is 4.98. The molecule has 0 aliphatic heterocycles. The number of hydrogen-bond donors (Lipinski definition) is 1. The second-order valence-corrected chi connectivity index (χ2v) is 5.92. The molecule has 2 rings (SSSR count). The molecule has 1 aromatic carbocycles. The van der Waals surface area contributed by atoms with Crippen LogP contribution in [0.1, 0.15) is 45.1 Å². The molecule has 2 nitrogen and oxygen atoms in total. The number of fused-ring (bicyclic) bond motifs is 1. The molecular weight excluding hydrogens is 244 g/mol. The fourth-order valence-electron chi connectivity index (χ4n) is 2.72. The van der Waals surface area contributed by atoms with E-state index in [1.54, 1.807) is 0 Å². The summed E-state index contributed by atoms with van der Waals surface area (Å²) in [7, 11) is 0. The van der Waals surface area contributed by atoms with Crippen LogP contribution in [0.15, 0.2) is 30.5 Å². The van der Waals surface area contributed by atoms with E-state index in [0.29, 0.717) is 6.04 Å². The van der Waals surface area contributed by atoms with Crippen molar-refractivity contribution in [3.05, 3.63) is 36.0 Å². The van der Waals surface area contributed by atoms with Gasteiger partial charge in [-0.15, -0.1) is 0 Å². The normalized spacial score (nSPS) is 12.9. The van der Waals surface area contributed by atoms with Crippen LogP contribution in [0.25, 0.3) is 10.9 Å². The highest BCUT2D eigenvalue weighted by Gasteiger charge is 2.03. The van der Waals surface area contributed by atoms with E-state index in [9.17, 15) is 0 Å². The van der Waals surface area contributed by atoms with E-state index < -0.39 is 0 Å². The lowest BCUT2D eigenvalue weighted by atomic mass is 10.1. The third-order valence-corrected chi connectivity index (χ3v) is 4.02. The second-order valence-electron chi connectivity index (χ2n) is 5.92. The summed E-state index contributed by atoms with van der Waals surface area (Å²) in [5.41, 5.74) is 2.68. The maximum absolute atomic E-state index is 3.64. The predicted octanol–water partition coefficient (Wildman–Crippen LogP) is 4.51. The first-order valence-electron chi connectivity index (χ1n) is 7.99. The molecule has 20 heavy (non-hydrogen) atoms. The molecule has 0 saturated carbocycles. The molecule has 2 aromatic rings. The van der Waals surface area contributed by atoms with Crippen molar-refractivity contribution in [2.75, 3.05) is 6.54 Å². The van der Waals surface area contributed by atoms with Gasteiger partial charge in [-0.2, -0.15) is 0 Å². The van der Waals surface area contributed by atoms with Gasteiger partial charge in [-0.25, -0.2) is 0 Å². The molecular formula is C18H28N2. The highest BCUT2D eigenvalue weighted by molar-refractivity contribution is 5.80. The molecule has 0 aliphatic carbocycles. The molecule has 1 atom stereocenters. The van der Waals surface area contributed by atoms with Gasteiger partial charge in [0.25, 0.3) is 0 Å². The van der Waals surface area contributed by atoms with Gasteiger partial charge in [-0.3, -0.25) is 0 Å². The number of nitrogens with zero attached hydrogens (tertiary/aromatic N) is 1. The molecule has 0 bridgehead atoms. The third-order valence-electron chi connectivity index (χ3n) is 4.02. The topological polar surface area (TPSA) is 17.0 Å². The van der Waals surface area contributed by atoms with Crippen molar-refractivity contribution in [2.45, 2.75) is 59.0 Å². The third kappa shape index (κ3) is 4.11. The predicted molar refractivity (Wildman–Crippen MR) is 88.3 cm³/mol. The number of aromatic nitrogens is 1. The van der Waals surface area contributed by atoms with E-state index in [0.717, 1.165) is 13.1 Å². The van der Waals surface area contributed by atoms with Crippen molar-refractivity contribution < 1.29 is 0 Å². The van der Waals surface area contributed by atoms with Crippen molar-refractivity contribution in [3.8, 4) is 0 Å². The van der Waals surface area contributed by atoms with Crippen LogP contribution < -0.4 is 5.32 Å². The van der Waals surface area contributed by atoms with Gasteiger partial charge in [0.05, 0.1) is 0 Å². The fraction of sp³-hybridized carbons (Fsp3) is 0.556. The van der Waals surface area contributed by atoms with Crippen molar-refractivity contribution >= 4 is 10.9 Å². The highest BCUT2D eigenvalue weighted by Crippen LogP contribution is 2.17. The van der Waals surface area contributed by atoms with Gasteiger partial charge in [0.1, 0.15) is 0 Å². The number of benzene rings is 1. The number of hydrogen-bond acceptors (Lipinski definition) is 1. The summed E-state index contributed by atoms with van der Waals surface area (Å²) < 4.78 is 2.36. The SMILES string of the molecule is CCCCCC(C)NCCn1ccc2ccc(C)cc21. The molecule has 1 unspecified atom stereocenters. The van der Waals surface area contributed by atoms with Crippen LogP contribution in [0.5, 0.6) is 0 Å². The Morgan fingerprint density at radius 1 is 1.20 bits per heavy atom. The molecule has 0 fully saturated rings. The van der Waals surface area contributed by atoms with Crippen LogP contribution in [0.2, 0.25) is 0 Å². The molecule has 0 spiro atoms. The molecule has 0 aliphatic rings. The summed E-state index contributed by atoms with van der Waals surface area (Å²) in [5.74, 6) is 0. The van der Waals surface area contributed by atoms with E-state index in [2.05, 4.69) is 61.1 Å². The maximum Gasteiger partial charge on any atom is 0.0483 e. The Morgan fingerprint density at radius 3 is 2.85 bits per heavy atom. The number of nitrogens with one attached hydrogen (secondary N) is 1. The van der Waals surface area contributed by atoms with Crippen LogP contribution in [-0.2, 0) is 6.54 Å². The first kappa shape index (κ1) is 15.1. The molecule has 0 radical (unpaired) electrons. The average Bonchev–Trinajstić information content (AvgIpc) is 2.82. The van der Waals surface area contributed by atoms with Gasteiger partial charge < -0.3 is 9.88 Å². The van der Waals surface area contributed by atoms with Gasteiger partial charge >= 0.3 is 0 Å². The molecule has 1 heterocycles. The van der Waals surface area contributed by atoms with Gasteiger partial charge in [0, 0.05) is 30.8 Å². The fourth-order valence-corrected chi connectivity index (χ4v) is 2.72. The van der Waals surface area contributed by atoms with E-state index >= 15 is 0 Å². The van der Waals surface area contributed by atoms with Crippen molar-refractivity contribution in [2.24, 2.45) is 0 Å². The van der Waals surface area contributed by atoms with Crippen LogP contribution in [-0.4, -0.2) is 17.2 Å². The minimum absolute atomic E-state index is 0.630. The zero-order valence-corrected chi connectivity index (χ0v) is 13.2. The molecule has 0 saturated heterocycles. The molecule has 110 valence electrons. The first-order chi connectivity index (χ1) is 9.70. The van der Waals surface area contributed by atoms with Crippen LogP contribution in [0.3, 0.4) is 0 Å².